The molecule has 1 saturated heterocycles. The Morgan fingerprint density at radius 3 is 2.75 bits per heavy atom. The molecular weight excluding hydrogens is 262 g/mol. The second kappa shape index (κ2) is 6.02. The van der Waals surface area contributed by atoms with Crippen LogP contribution in [0.2, 0.25) is 0 Å². The van der Waals surface area contributed by atoms with Crippen LogP contribution in [0.3, 0.4) is 0 Å². The molecule has 1 nitrogen and oxygen atoms in total. The average molecular weight is 283 g/mol. The summed E-state index contributed by atoms with van der Waals surface area (Å²) in [6, 6.07) is 17.8. The van der Waals surface area contributed by atoms with Crippen LogP contribution in [0.4, 0.5) is 0 Å². The fourth-order valence-corrected chi connectivity index (χ4v) is 3.39. The van der Waals surface area contributed by atoms with Gasteiger partial charge < -0.3 is 0 Å². The van der Waals surface area contributed by atoms with E-state index in [-0.39, 0.29) is 0 Å². The lowest BCUT2D eigenvalue weighted by Gasteiger charge is -2.26. The van der Waals surface area contributed by atoms with Crippen molar-refractivity contribution in [2.45, 2.75) is 37.2 Å². The minimum atomic E-state index is 0.544. The van der Waals surface area contributed by atoms with Crippen molar-refractivity contribution in [2.75, 3.05) is 6.54 Å². The largest absolute Gasteiger partial charge is 0.292 e. The first-order chi connectivity index (χ1) is 9.74. The second-order valence-corrected chi connectivity index (χ2v) is 6.17. The quantitative estimate of drug-likeness (QED) is 0.804. The number of hydrogen-bond acceptors (Lipinski definition) is 2. The summed E-state index contributed by atoms with van der Waals surface area (Å²) in [6.45, 7) is 4.44. The van der Waals surface area contributed by atoms with Crippen molar-refractivity contribution in [1.82, 2.24) is 4.90 Å². The van der Waals surface area contributed by atoms with E-state index in [0.29, 0.717) is 6.04 Å². The maximum Gasteiger partial charge on any atom is 0.0355 e. The molecule has 0 spiro atoms. The third kappa shape index (κ3) is 2.92. The van der Waals surface area contributed by atoms with Crippen molar-refractivity contribution in [3.8, 4) is 0 Å². The fourth-order valence-electron chi connectivity index (χ4n) is 3.17. The fraction of sp³-hybridized carbons (Fsp3) is 0.333. The highest BCUT2D eigenvalue weighted by Crippen LogP contribution is 2.35. The van der Waals surface area contributed by atoms with Crippen LogP contribution in [-0.2, 0) is 6.54 Å². The number of aryl methyl sites for hydroxylation is 1. The number of likely N-dealkylation sites (tertiary alicyclic amines) is 1. The van der Waals surface area contributed by atoms with E-state index < -0.39 is 0 Å². The van der Waals surface area contributed by atoms with Gasteiger partial charge in [0.05, 0.1) is 0 Å². The number of benzene rings is 2. The van der Waals surface area contributed by atoms with E-state index in [1.165, 1.54) is 36.1 Å². The van der Waals surface area contributed by atoms with Crippen LogP contribution < -0.4 is 0 Å². The lowest BCUT2D eigenvalue weighted by atomic mass is 9.99. The van der Waals surface area contributed by atoms with Crippen molar-refractivity contribution >= 4 is 12.6 Å². The van der Waals surface area contributed by atoms with Gasteiger partial charge in [-0.2, -0.15) is 0 Å². The Morgan fingerprint density at radius 1 is 1.15 bits per heavy atom. The molecule has 20 heavy (non-hydrogen) atoms. The van der Waals surface area contributed by atoms with E-state index in [9.17, 15) is 0 Å². The number of thiol groups is 1. The standard InChI is InChI=1S/C18H21NS/c1-14-9-10-16(20)12-17(14)18-8-5-11-19(18)13-15-6-3-2-4-7-15/h2-4,6-7,9-10,12,18,20H,5,8,11,13H2,1H3/t18-/m1/s1. The Labute approximate surface area is 127 Å². The first-order valence-corrected chi connectivity index (χ1v) is 7.76. The molecule has 1 atom stereocenters. The second-order valence-electron chi connectivity index (χ2n) is 5.65. The summed E-state index contributed by atoms with van der Waals surface area (Å²) in [4.78, 5) is 3.67. The lowest BCUT2D eigenvalue weighted by molar-refractivity contribution is 0.247. The molecule has 2 heteroatoms. The first kappa shape index (κ1) is 13.7. The van der Waals surface area contributed by atoms with Crippen molar-refractivity contribution in [3.63, 3.8) is 0 Å². The molecule has 104 valence electrons. The third-order valence-electron chi connectivity index (χ3n) is 4.21. The van der Waals surface area contributed by atoms with Crippen molar-refractivity contribution in [2.24, 2.45) is 0 Å². The minimum absolute atomic E-state index is 0.544. The van der Waals surface area contributed by atoms with Gasteiger partial charge >= 0.3 is 0 Å². The Bertz CT molecular complexity index is 579. The zero-order chi connectivity index (χ0) is 13.9. The summed E-state index contributed by atoms with van der Waals surface area (Å²) in [5.74, 6) is 0. The smallest absolute Gasteiger partial charge is 0.0355 e. The van der Waals surface area contributed by atoms with Crippen LogP contribution in [0, 0.1) is 6.92 Å². The number of nitrogens with zero attached hydrogens (tertiary/aromatic N) is 1. The van der Waals surface area contributed by atoms with Gasteiger partial charge in [-0.1, -0.05) is 36.4 Å². The van der Waals surface area contributed by atoms with Crippen molar-refractivity contribution in [3.05, 3.63) is 65.2 Å². The Balaban J connectivity index is 1.83. The third-order valence-corrected chi connectivity index (χ3v) is 4.49. The van der Waals surface area contributed by atoms with Gasteiger partial charge in [-0.3, -0.25) is 4.90 Å². The highest BCUT2D eigenvalue weighted by atomic mass is 32.1. The zero-order valence-corrected chi connectivity index (χ0v) is 12.8. The van der Waals surface area contributed by atoms with E-state index in [2.05, 4.69) is 73.0 Å². The predicted octanol–water partition coefficient (Wildman–Crippen LogP) is 4.62. The summed E-state index contributed by atoms with van der Waals surface area (Å²) in [6.07, 6.45) is 2.54. The summed E-state index contributed by atoms with van der Waals surface area (Å²) in [5, 5.41) is 0. The monoisotopic (exact) mass is 283 g/mol. The minimum Gasteiger partial charge on any atom is -0.292 e. The average Bonchev–Trinajstić information content (AvgIpc) is 2.91. The summed E-state index contributed by atoms with van der Waals surface area (Å²) < 4.78 is 0. The molecule has 0 saturated carbocycles. The zero-order valence-electron chi connectivity index (χ0n) is 11.9. The molecule has 0 bridgehead atoms. The molecule has 1 heterocycles. The molecular formula is C18H21NS. The highest BCUT2D eigenvalue weighted by molar-refractivity contribution is 7.80. The predicted molar refractivity (Wildman–Crippen MR) is 87.3 cm³/mol. The lowest BCUT2D eigenvalue weighted by Crippen LogP contribution is -2.23. The maximum atomic E-state index is 4.50. The highest BCUT2D eigenvalue weighted by Gasteiger charge is 2.27. The molecule has 2 aromatic rings. The van der Waals surface area contributed by atoms with Gasteiger partial charge in [-0.25, -0.2) is 0 Å². The summed E-state index contributed by atoms with van der Waals surface area (Å²) in [7, 11) is 0. The normalized spacial score (nSPS) is 19.4. The molecule has 0 radical (unpaired) electrons. The number of hydrogen-bond donors (Lipinski definition) is 1. The van der Waals surface area contributed by atoms with E-state index in [4.69, 9.17) is 0 Å². The molecule has 0 aliphatic carbocycles. The van der Waals surface area contributed by atoms with Crippen molar-refractivity contribution in [1.29, 1.82) is 0 Å². The van der Waals surface area contributed by atoms with Crippen LogP contribution in [0.15, 0.2) is 53.4 Å². The van der Waals surface area contributed by atoms with Gasteiger partial charge in [0.2, 0.25) is 0 Å². The summed E-state index contributed by atoms with van der Waals surface area (Å²) >= 11 is 4.50. The van der Waals surface area contributed by atoms with Crippen LogP contribution >= 0.6 is 12.6 Å². The van der Waals surface area contributed by atoms with E-state index >= 15 is 0 Å². The molecule has 1 fully saturated rings. The van der Waals surface area contributed by atoms with Gasteiger partial charge in [-0.15, -0.1) is 12.6 Å². The van der Waals surface area contributed by atoms with Gasteiger partial charge in [-0.05, 0) is 55.1 Å². The van der Waals surface area contributed by atoms with Gasteiger partial charge in [0.25, 0.3) is 0 Å². The SMILES string of the molecule is Cc1ccc(S)cc1[C@H]1CCCN1Cc1ccccc1. The molecule has 2 aromatic carbocycles. The summed E-state index contributed by atoms with van der Waals surface area (Å²) in [5.41, 5.74) is 4.23. The molecule has 0 amide bonds. The topological polar surface area (TPSA) is 3.24 Å². The van der Waals surface area contributed by atoms with Crippen LogP contribution in [0.25, 0.3) is 0 Å². The van der Waals surface area contributed by atoms with Crippen LogP contribution in [-0.4, -0.2) is 11.4 Å². The van der Waals surface area contributed by atoms with E-state index in [0.717, 1.165) is 11.4 Å². The Morgan fingerprint density at radius 2 is 1.95 bits per heavy atom. The molecule has 3 rings (SSSR count). The molecule has 1 aliphatic heterocycles. The van der Waals surface area contributed by atoms with E-state index in [1.807, 2.05) is 0 Å². The van der Waals surface area contributed by atoms with Crippen LogP contribution in [0.1, 0.15) is 35.6 Å². The Kier molecular flexibility index (Phi) is 4.13. The molecule has 1 aliphatic rings. The molecule has 0 aromatic heterocycles. The Hall–Kier alpha value is -1.25. The molecule has 0 unspecified atom stereocenters. The maximum absolute atomic E-state index is 4.50. The van der Waals surface area contributed by atoms with Crippen LogP contribution in [0.5, 0.6) is 0 Å². The molecule has 0 N–H and O–H groups in total. The van der Waals surface area contributed by atoms with Gasteiger partial charge in [0.15, 0.2) is 0 Å². The van der Waals surface area contributed by atoms with Gasteiger partial charge in [0.1, 0.15) is 0 Å². The van der Waals surface area contributed by atoms with Crippen molar-refractivity contribution < 1.29 is 0 Å². The van der Waals surface area contributed by atoms with E-state index in [1.54, 1.807) is 0 Å². The first-order valence-electron chi connectivity index (χ1n) is 7.31. The number of rotatable bonds is 3. The van der Waals surface area contributed by atoms with Gasteiger partial charge in [0, 0.05) is 17.5 Å².